The molecule has 2 rings (SSSR count). The summed E-state index contributed by atoms with van der Waals surface area (Å²) in [6.45, 7) is 2.42. The van der Waals surface area contributed by atoms with Crippen LogP contribution in [0.4, 0.5) is 5.69 Å². The monoisotopic (exact) mass is 300 g/mol. The van der Waals surface area contributed by atoms with Crippen molar-refractivity contribution in [1.29, 1.82) is 0 Å². The molecule has 0 spiro atoms. The minimum absolute atomic E-state index is 0.0579. The summed E-state index contributed by atoms with van der Waals surface area (Å²) in [4.78, 5) is 4.01. The van der Waals surface area contributed by atoms with Gasteiger partial charge in [0.05, 0.1) is 10.6 Å². The molecule has 102 valence electrons. The Morgan fingerprint density at radius 2 is 2.16 bits per heavy atom. The van der Waals surface area contributed by atoms with Gasteiger partial charge in [0.1, 0.15) is 17.9 Å². The molecule has 19 heavy (non-hydrogen) atoms. The number of anilines is 1. The van der Waals surface area contributed by atoms with Crippen LogP contribution < -0.4 is 5.73 Å². The molecular formula is C11H13ClN4O2S. The number of aromatic nitrogens is 3. The summed E-state index contributed by atoms with van der Waals surface area (Å²) in [5.74, 6) is 0.143. The summed E-state index contributed by atoms with van der Waals surface area (Å²) < 4.78 is 26.1. The maximum absolute atomic E-state index is 12.3. The molecule has 1 aromatic carbocycles. The van der Waals surface area contributed by atoms with Gasteiger partial charge in [-0.1, -0.05) is 11.6 Å². The van der Waals surface area contributed by atoms with Crippen LogP contribution in [0.2, 0.25) is 5.02 Å². The van der Waals surface area contributed by atoms with Crippen molar-refractivity contribution < 1.29 is 8.42 Å². The number of nitrogen functional groups attached to an aromatic ring is 1. The molecule has 8 heteroatoms. The normalized spacial score (nSPS) is 11.7. The number of benzene rings is 1. The summed E-state index contributed by atoms with van der Waals surface area (Å²) in [5.41, 5.74) is 5.83. The third-order valence-corrected chi connectivity index (χ3v) is 4.54. The minimum atomic E-state index is -3.57. The van der Waals surface area contributed by atoms with E-state index in [1.807, 2.05) is 6.92 Å². The Bertz CT molecular complexity index is 696. The zero-order valence-corrected chi connectivity index (χ0v) is 11.8. The largest absolute Gasteiger partial charge is 0.398 e. The highest BCUT2D eigenvalue weighted by atomic mass is 35.5. The molecule has 0 aliphatic carbocycles. The standard InChI is InChI=1S/C11H13ClN4O2S/c1-2-16-11(14-7-15-16)6-19(17,18)10-4-3-8(12)5-9(10)13/h3-5,7H,2,6,13H2,1H3. The van der Waals surface area contributed by atoms with Gasteiger partial charge in [-0.2, -0.15) is 5.10 Å². The number of nitrogens with zero attached hydrogens (tertiary/aromatic N) is 3. The van der Waals surface area contributed by atoms with E-state index in [2.05, 4.69) is 10.1 Å². The molecule has 1 heterocycles. The smallest absolute Gasteiger partial charge is 0.187 e. The Hall–Kier alpha value is -1.60. The van der Waals surface area contributed by atoms with Gasteiger partial charge < -0.3 is 5.73 Å². The Labute approximate surface area is 116 Å². The molecule has 0 aliphatic heterocycles. The quantitative estimate of drug-likeness (QED) is 0.864. The first-order valence-electron chi connectivity index (χ1n) is 5.58. The Balaban J connectivity index is 2.38. The highest BCUT2D eigenvalue weighted by Crippen LogP contribution is 2.25. The lowest BCUT2D eigenvalue weighted by Crippen LogP contribution is -2.12. The van der Waals surface area contributed by atoms with E-state index in [4.69, 9.17) is 17.3 Å². The number of halogens is 1. The van der Waals surface area contributed by atoms with Gasteiger partial charge in [0.15, 0.2) is 9.84 Å². The van der Waals surface area contributed by atoms with E-state index in [-0.39, 0.29) is 16.3 Å². The average molecular weight is 301 g/mol. The van der Waals surface area contributed by atoms with Crippen LogP contribution in [-0.4, -0.2) is 23.2 Å². The topological polar surface area (TPSA) is 90.9 Å². The highest BCUT2D eigenvalue weighted by molar-refractivity contribution is 7.90. The van der Waals surface area contributed by atoms with E-state index in [0.717, 1.165) is 0 Å². The molecule has 0 bridgehead atoms. The van der Waals surface area contributed by atoms with Gasteiger partial charge in [0, 0.05) is 11.6 Å². The van der Waals surface area contributed by atoms with Gasteiger partial charge in [-0.3, -0.25) is 0 Å². The maximum atomic E-state index is 12.3. The summed E-state index contributed by atoms with van der Waals surface area (Å²) in [6.07, 6.45) is 1.33. The average Bonchev–Trinajstić information content (AvgIpc) is 2.74. The van der Waals surface area contributed by atoms with E-state index in [1.165, 1.54) is 29.2 Å². The first-order chi connectivity index (χ1) is 8.94. The minimum Gasteiger partial charge on any atom is -0.398 e. The Morgan fingerprint density at radius 3 is 2.79 bits per heavy atom. The van der Waals surface area contributed by atoms with Crippen molar-refractivity contribution in [2.75, 3.05) is 5.73 Å². The van der Waals surface area contributed by atoms with Crippen LogP contribution in [0.5, 0.6) is 0 Å². The van der Waals surface area contributed by atoms with Crippen LogP contribution in [0.1, 0.15) is 12.7 Å². The zero-order chi connectivity index (χ0) is 14.0. The molecule has 0 unspecified atom stereocenters. The lowest BCUT2D eigenvalue weighted by molar-refractivity contribution is 0.584. The summed E-state index contributed by atoms with van der Waals surface area (Å²) in [7, 11) is -3.57. The van der Waals surface area contributed by atoms with Crippen LogP contribution in [-0.2, 0) is 22.1 Å². The SMILES string of the molecule is CCn1ncnc1CS(=O)(=O)c1ccc(Cl)cc1N. The molecule has 6 nitrogen and oxygen atoms in total. The molecule has 2 N–H and O–H groups in total. The first-order valence-corrected chi connectivity index (χ1v) is 7.61. The number of rotatable bonds is 4. The van der Waals surface area contributed by atoms with Crippen LogP contribution in [0, 0.1) is 0 Å². The van der Waals surface area contributed by atoms with Crippen LogP contribution in [0.25, 0.3) is 0 Å². The highest BCUT2D eigenvalue weighted by Gasteiger charge is 2.21. The molecule has 0 radical (unpaired) electrons. The molecule has 0 fully saturated rings. The van der Waals surface area contributed by atoms with Crippen molar-refractivity contribution in [3.05, 3.63) is 35.4 Å². The van der Waals surface area contributed by atoms with Crippen LogP contribution >= 0.6 is 11.6 Å². The predicted octanol–water partition coefficient (Wildman–Crippen LogP) is 1.51. The zero-order valence-electron chi connectivity index (χ0n) is 10.2. The van der Waals surface area contributed by atoms with Gasteiger partial charge in [-0.25, -0.2) is 18.1 Å². The second-order valence-corrected chi connectivity index (χ2v) is 6.33. The lowest BCUT2D eigenvalue weighted by atomic mass is 10.3. The fraction of sp³-hybridized carbons (Fsp3) is 0.273. The van der Waals surface area contributed by atoms with E-state index < -0.39 is 9.84 Å². The lowest BCUT2D eigenvalue weighted by Gasteiger charge is -2.08. The number of aryl methyl sites for hydroxylation is 1. The van der Waals surface area contributed by atoms with Gasteiger partial charge >= 0.3 is 0 Å². The molecule has 0 amide bonds. The van der Waals surface area contributed by atoms with Crippen LogP contribution in [0.3, 0.4) is 0 Å². The van der Waals surface area contributed by atoms with Crippen molar-refractivity contribution >= 4 is 27.1 Å². The van der Waals surface area contributed by atoms with Crippen molar-refractivity contribution in [1.82, 2.24) is 14.8 Å². The summed E-state index contributed by atoms with van der Waals surface area (Å²) >= 11 is 5.76. The second-order valence-electron chi connectivity index (χ2n) is 3.93. The maximum Gasteiger partial charge on any atom is 0.187 e. The van der Waals surface area contributed by atoms with E-state index in [0.29, 0.717) is 17.4 Å². The molecule has 0 saturated heterocycles. The van der Waals surface area contributed by atoms with Crippen LogP contribution in [0.15, 0.2) is 29.4 Å². The first kappa shape index (κ1) is 13.8. The molecule has 1 aromatic heterocycles. The predicted molar refractivity (Wildman–Crippen MR) is 72.5 cm³/mol. The van der Waals surface area contributed by atoms with Crippen molar-refractivity contribution in [2.24, 2.45) is 0 Å². The van der Waals surface area contributed by atoms with Gasteiger partial charge in [-0.15, -0.1) is 0 Å². The fourth-order valence-corrected chi connectivity index (χ4v) is 3.31. The van der Waals surface area contributed by atoms with E-state index >= 15 is 0 Å². The summed E-state index contributed by atoms with van der Waals surface area (Å²) in [6, 6.07) is 4.31. The van der Waals surface area contributed by atoms with E-state index in [9.17, 15) is 8.42 Å². The Kier molecular flexibility index (Phi) is 3.77. The number of hydrogen-bond acceptors (Lipinski definition) is 5. The van der Waals surface area contributed by atoms with Crippen molar-refractivity contribution in [2.45, 2.75) is 24.1 Å². The molecule has 2 aromatic rings. The second kappa shape index (κ2) is 5.18. The van der Waals surface area contributed by atoms with Gasteiger partial charge in [-0.05, 0) is 25.1 Å². The summed E-state index contributed by atoms with van der Waals surface area (Å²) in [5, 5.41) is 4.33. The third kappa shape index (κ3) is 2.87. The molecule has 0 aliphatic rings. The molecular weight excluding hydrogens is 288 g/mol. The Morgan fingerprint density at radius 1 is 1.42 bits per heavy atom. The number of nitrogens with two attached hydrogens (primary N) is 1. The van der Waals surface area contributed by atoms with Gasteiger partial charge in [0.2, 0.25) is 0 Å². The fourth-order valence-electron chi connectivity index (χ4n) is 1.71. The van der Waals surface area contributed by atoms with Crippen molar-refractivity contribution in [3.8, 4) is 0 Å². The van der Waals surface area contributed by atoms with Crippen molar-refractivity contribution in [3.63, 3.8) is 0 Å². The third-order valence-electron chi connectivity index (χ3n) is 2.62. The molecule has 0 saturated carbocycles. The van der Waals surface area contributed by atoms with Gasteiger partial charge in [0.25, 0.3) is 0 Å². The number of sulfone groups is 1. The molecule has 0 atom stereocenters. The number of hydrogen-bond donors (Lipinski definition) is 1. The van der Waals surface area contributed by atoms with E-state index in [1.54, 1.807) is 0 Å².